The van der Waals surface area contributed by atoms with Crippen molar-refractivity contribution in [2.24, 2.45) is 5.73 Å². The van der Waals surface area contributed by atoms with Crippen molar-refractivity contribution in [3.63, 3.8) is 0 Å². The number of aliphatic carboxylic acids is 1. The Labute approximate surface area is 115 Å². The maximum atomic E-state index is 11.2. The Morgan fingerprint density at radius 1 is 1.47 bits per heavy atom. The molecule has 7 heteroatoms. The van der Waals surface area contributed by atoms with E-state index < -0.39 is 17.9 Å². The van der Waals surface area contributed by atoms with Gasteiger partial charge in [0.25, 0.3) is 0 Å². The molecule has 0 bridgehead atoms. The van der Waals surface area contributed by atoms with Crippen molar-refractivity contribution in [1.82, 2.24) is 5.32 Å². The molecule has 6 nitrogen and oxygen atoms in total. The predicted octanol–water partition coefficient (Wildman–Crippen LogP) is 0.302. The van der Waals surface area contributed by atoms with Crippen LogP contribution in [0.25, 0.3) is 0 Å². The second-order valence-corrected chi connectivity index (χ2v) is 4.69. The van der Waals surface area contributed by atoms with Crippen LogP contribution in [-0.4, -0.2) is 42.7 Å². The lowest BCUT2D eigenvalue weighted by molar-refractivity contribution is -0.138. The number of primary amides is 1. The zero-order valence-electron chi connectivity index (χ0n) is 10.1. The van der Waals surface area contributed by atoms with E-state index in [9.17, 15) is 14.7 Å². The average Bonchev–Trinajstić information content (AvgIpc) is 2.38. The van der Waals surface area contributed by atoms with Crippen LogP contribution in [-0.2, 0) is 4.79 Å². The summed E-state index contributed by atoms with van der Waals surface area (Å²) in [5.74, 6) is -1.51. The number of anilines is 1. The highest BCUT2D eigenvalue weighted by Crippen LogP contribution is 2.25. The van der Waals surface area contributed by atoms with Crippen LogP contribution in [0.1, 0.15) is 10.4 Å². The number of amides is 1. The summed E-state index contributed by atoms with van der Waals surface area (Å²) in [5.41, 5.74) is 6.08. The normalized spacial score (nSPS) is 19.2. The second kappa shape index (κ2) is 5.46. The highest BCUT2D eigenvalue weighted by atomic mass is 35.5. The van der Waals surface area contributed by atoms with E-state index in [0.29, 0.717) is 25.3 Å². The molecular formula is C12H14ClN3O3. The van der Waals surface area contributed by atoms with Crippen molar-refractivity contribution in [2.75, 3.05) is 24.5 Å². The van der Waals surface area contributed by atoms with Crippen molar-refractivity contribution < 1.29 is 14.7 Å². The Kier molecular flexibility index (Phi) is 3.92. The van der Waals surface area contributed by atoms with Crippen LogP contribution in [0.15, 0.2) is 18.2 Å². The number of nitrogens with one attached hydrogen (secondary N) is 1. The molecule has 1 aliphatic rings. The summed E-state index contributed by atoms with van der Waals surface area (Å²) < 4.78 is 0. The molecule has 0 aromatic heterocycles. The van der Waals surface area contributed by atoms with Crippen LogP contribution in [0.4, 0.5) is 5.69 Å². The molecule has 4 N–H and O–H groups in total. The van der Waals surface area contributed by atoms with Gasteiger partial charge in [-0.3, -0.25) is 4.79 Å². The smallest absolute Gasteiger partial charge is 0.327 e. The monoisotopic (exact) mass is 283 g/mol. The number of piperazine rings is 1. The lowest BCUT2D eigenvalue weighted by atomic mass is 10.1. The molecule has 19 heavy (non-hydrogen) atoms. The third-order valence-electron chi connectivity index (χ3n) is 3.08. The largest absolute Gasteiger partial charge is 0.480 e. The number of carboxylic acids is 1. The van der Waals surface area contributed by atoms with Gasteiger partial charge < -0.3 is 21.1 Å². The van der Waals surface area contributed by atoms with Crippen molar-refractivity contribution in [1.29, 1.82) is 0 Å². The molecule has 1 atom stereocenters. The number of carbonyl (C=O) groups excluding carboxylic acids is 1. The molecule has 0 radical (unpaired) electrons. The maximum absolute atomic E-state index is 11.2. The number of halogens is 1. The molecule has 1 amide bonds. The highest BCUT2D eigenvalue weighted by Gasteiger charge is 2.28. The zero-order valence-corrected chi connectivity index (χ0v) is 10.9. The topological polar surface area (TPSA) is 95.7 Å². The van der Waals surface area contributed by atoms with E-state index in [0.717, 1.165) is 0 Å². The summed E-state index contributed by atoms with van der Waals surface area (Å²) in [4.78, 5) is 24.1. The fraction of sp³-hybridized carbons (Fsp3) is 0.333. The molecule has 1 aliphatic heterocycles. The van der Waals surface area contributed by atoms with E-state index in [2.05, 4.69) is 5.32 Å². The third kappa shape index (κ3) is 2.80. The number of nitrogens with zero attached hydrogens (tertiary/aromatic N) is 1. The van der Waals surface area contributed by atoms with Gasteiger partial charge in [0.15, 0.2) is 0 Å². The lowest BCUT2D eigenvalue weighted by Crippen LogP contribution is -2.55. The molecule has 1 aromatic carbocycles. The number of carbonyl (C=O) groups is 2. The van der Waals surface area contributed by atoms with Crippen LogP contribution in [0.2, 0.25) is 5.02 Å². The summed E-state index contributed by atoms with van der Waals surface area (Å²) in [6.45, 7) is 1.62. The average molecular weight is 284 g/mol. The van der Waals surface area contributed by atoms with Crippen LogP contribution in [0, 0.1) is 0 Å². The number of hydrogen-bond acceptors (Lipinski definition) is 4. The van der Waals surface area contributed by atoms with E-state index in [4.69, 9.17) is 17.3 Å². The molecule has 1 saturated heterocycles. The van der Waals surface area contributed by atoms with E-state index in [-0.39, 0.29) is 10.6 Å². The van der Waals surface area contributed by atoms with Gasteiger partial charge in [-0.25, -0.2) is 4.79 Å². The summed E-state index contributed by atoms with van der Waals surface area (Å²) >= 11 is 5.98. The summed E-state index contributed by atoms with van der Waals surface area (Å²) in [6.07, 6.45) is 0. The van der Waals surface area contributed by atoms with Crippen molar-refractivity contribution in [3.8, 4) is 0 Å². The van der Waals surface area contributed by atoms with Crippen LogP contribution >= 0.6 is 11.6 Å². The first-order chi connectivity index (χ1) is 9.00. The molecule has 1 fully saturated rings. The van der Waals surface area contributed by atoms with Gasteiger partial charge in [0.2, 0.25) is 5.91 Å². The van der Waals surface area contributed by atoms with Crippen LogP contribution in [0.3, 0.4) is 0 Å². The van der Waals surface area contributed by atoms with Crippen LogP contribution in [0.5, 0.6) is 0 Å². The Hall–Kier alpha value is -1.79. The number of rotatable bonds is 3. The van der Waals surface area contributed by atoms with Gasteiger partial charge in [-0.15, -0.1) is 0 Å². The Morgan fingerprint density at radius 2 is 2.21 bits per heavy atom. The van der Waals surface area contributed by atoms with Gasteiger partial charge in [-0.1, -0.05) is 11.6 Å². The molecule has 2 rings (SSSR count). The number of benzene rings is 1. The van der Waals surface area contributed by atoms with Gasteiger partial charge in [0.05, 0.1) is 10.6 Å². The predicted molar refractivity (Wildman–Crippen MR) is 71.6 cm³/mol. The van der Waals surface area contributed by atoms with Gasteiger partial charge in [0, 0.05) is 25.3 Å². The molecule has 1 unspecified atom stereocenters. The summed E-state index contributed by atoms with van der Waals surface area (Å²) in [5, 5.41) is 12.5. The molecule has 0 aliphatic carbocycles. The first kappa shape index (κ1) is 13.6. The van der Waals surface area contributed by atoms with Gasteiger partial charge in [-0.2, -0.15) is 0 Å². The molecule has 102 valence electrons. The minimum absolute atomic E-state index is 0.229. The van der Waals surface area contributed by atoms with Crippen LogP contribution < -0.4 is 16.0 Å². The van der Waals surface area contributed by atoms with Gasteiger partial charge >= 0.3 is 5.97 Å². The first-order valence-electron chi connectivity index (χ1n) is 5.80. The fourth-order valence-corrected chi connectivity index (χ4v) is 2.38. The summed E-state index contributed by atoms with van der Waals surface area (Å²) in [6, 6.07) is 4.10. The van der Waals surface area contributed by atoms with Gasteiger partial charge in [-0.05, 0) is 18.2 Å². The van der Waals surface area contributed by atoms with Crippen molar-refractivity contribution in [3.05, 3.63) is 28.8 Å². The molecule has 1 heterocycles. The Bertz CT molecular complexity index is 521. The van der Waals surface area contributed by atoms with E-state index in [1.54, 1.807) is 17.0 Å². The second-order valence-electron chi connectivity index (χ2n) is 4.28. The Balaban J connectivity index is 2.32. The van der Waals surface area contributed by atoms with Crippen molar-refractivity contribution >= 4 is 29.2 Å². The van der Waals surface area contributed by atoms with E-state index in [1.807, 2.05) is 0 Å². The minimum Gasteiger partial charge on any atom is -0.480 e. The van der Waals surface area contributed by atoms with E-state index >= 15 is 0 Å². The minimum atomic E-state index is -0.901. The fourth-order valence-electron chi connectivity index (χ4n) is 2.12. The Morgan fingerprint density at radius 3 is 2.79 bits per heavy atom. The standard InChI is InChI=1S/C12H14ClN3O3/c13-9-5-7(1-2-8(9)11(14)17)16-4-3-15-6-10(16)12(18)19/h1-2,5,10,15H,3-4,6H2,(H2,14,17)(H,18,19). The number of carboxylic acid groups (broad SMARTS) is 1. The first-order valence-corrected chi connectivity index (χ1v) is 6.18. The number of hydrogen-bond donors (Lipinski definition) is 3. The molecular weight excluding hydrogens is 270 g/mol. The maximum Gasteiger partial charge on any atom is 0.327 e. The highest BCUT2D eigenvalue weighted by molar-refractivity contribution is 6.34. The SMILES string of the molecule is NC(=O)c1ccc(N2CCNCC2C(=O)O)cc1Cl. The number of nitrogens with two attached hydrogens (primary N) is 1. The lowest BCUT2D eigenvalue weighted by Gasteiger charge is -2.35. The molecule has 1 aromatic rings. The van der Waals surface area contributed by atoms with Gasteiger partial charge in [0.1, 0.15) is 6.04 Å². The quantitative estimate of drug-likeness (QED) is 0.742. The van der Waals surface area contributed by atoms with Crippen molar-refractivity contribution in [2.45, 2.75) is 6.04 Å². The van der Waals surface area contributed by atoms with E-state index in [1.165, 1.54) is 6.07 Å². The molecule has 0 spiro atoms. The molecule has 0 saturated carbocycles. The third-order valence-corrected chi connectivity index (χ3v) is 3.39. The summed E-state index contributed by atoms with van der Waals surface area (Å²) in [7, 11) is 0. The zero-order chi connectivity index (χ0) is 14.0.